The van der Waals surface area contributed by atoms with Gasteiger partial charge in [0.15, 0.2) is 0 Å². The first-order chi connectivity index (χ1) is 17.5. The highest BCUT2D eigenvalue weighted by molar-refractivity contribution is 5.45. The molecule has 4 heteroatoms. The number of fused-ring (bicyclic) bond motifs is 2. The van der Waals surface area contributed by atoms with Crippen LogP contribution in [-0.4, -0.2) is 44.4 Å². The van der Waals surface area contributed by atoms with Crippen molar-refractivity contribution < 1.29 is 13.9 Å². The largest absolute Gasteiger partial charge is 0.497 e. The van der Waals surface area contributed by atoms with Gasteiger partial charge in [-0.3, -0.25) is 0 Å². The van der Waals surface area contributed by atoms with Crippen molar-refractivity contribution in [3.8, 4) is 0 Å². The van der Waals surface area contributed by atoms with E-state index in [-0.39, 0.29) is 11.9 Å². The molecule has 1 heterocycles. The van der Waals surface area contributed by atoms with E-state index in [4.69, 9.17) is 9.47 Å². The number of rotatable bonds is 8. The predicted octanol–water partition coefficient (Wildman–Crippen LogP) is 6.84. The zero-order valence-corrected chi connectivity index (χ0v) is 22.0. The maximum Gasteiger partial charge on any atom is 0.123 e. The fraction of sp³-hybridized carbons (Fsp3) is 0.500. The molecule has 2 aromatic carbocycles. The lowest BCUT2D eigenvalue weighted by Gasteiger charge is -2.29. The van der Waals surface area contributed by atoms with Crippen LogP contribution in [0.3, 0.4) is 0 Å². The van der Waals surface area contributed by atoms with Gasteiger partial charge in [-0.15, -0.1) is 0 Å². The monoisotopic (exact) mass is 489 g/mol. The molecule has 0 aromatic heterocycles. The topological polar surface area (TPSA) is 21.7 Å². The fourth-order valence-corrected chi connectivity index (χ4v) is 6.51. The molecular weight excluding hydrogens is 449 g/mol. The van der Waals surface area contributed by atoms with Crippen molar-refractivity contribution in [3.05, 3.63) is 94.5 Å². The third kappa shape index (κ3) is 5.76. The molecule has 5 atom stereocenters. The lowest BCUT2D eigenvalue weighted by molar-refractivity contribution is 0.0580. The molecule has 2 unspecified atom stereocenters. The minimum absolute atomic E-state index is 0.123. The summed E-state index contributed by atoms with van der Waals surface area (Å²) in [6.45, 7) is 8.89. The average Bonchev–Trinajstić information content (AvgIpc) is 3.30. The summed E-state index contributed by atoms with van der Waals surface area (Å²) in [4.78, 5) is 2.62. The van der Waals surface area contributed by atoms with Crippen LogP contribution in [0.25, 0.3) is 0 Å². The van der Waals surface area contributed by atoms with Crippen molar-refractivity contribution in [3.63, 3.8) is 0 Å². The molecule has 2 aliphatic carbocycles. The minimum Gasteiger partial charge on any atom is -0.497 e. The highest BCUT2D eigenvalue weighted by Crippen LogP contribution is 2.44. The van der Waals surface area contributed by atoms with Crippen LogP contribution in [0.2, 0.25) is 0 Å². The summed E-state index contributed by atoms with van der Waals surface area (Å²) in [5, 5.41) is 0. The van der Waals surface area contributed by atoms with Crippen LogP contribution in [0.5, 0.6) is 0 Å². The quantitative estimate of drug-likeness (QED) is 0.405. The minimum atomic E-state index is -0.123. The van der Waals surface area contributed by atoms with Gasteiger partial charge in [0, 0.05) is 13.1 Å². The third-order valence-corrected chi connectivity index (χ3v) is 8.44. The Morgan fingerprint density at radius 1 is 1.11 bits per heavy atom. The zero-order valence-electron chi connectivity index (χ0n) is 22.0. The Kier molecular flexibility index (Phi) is 7.93. The van der Waals surface area contributed by atoms with Crippen LogP contribution >= 0.6 is 0 Å². The summed E-state index contributed by atoms with van der Waals surface area (Å²) < 4.78 is 25.7. The number of hydrogen-bond acceptors (Lipinski definition) is 3. The molecule has 0 N–H and O–H groups in total. The zero-order chi connectivity index (χ0) is 25.1. The van der Waals surface area contributed by atoms with Gasteiger partial charge in [-0.25, -0.2) is 4.39 Å². The predicted molar refractivity (Wildman–Crippen MR) is 144 cm³/mol. The number of hydrogen-bond donors (Lipinski definition) is 0. The summed E-state index contributed by atoms with van der Waals surface area (Å²) >= 11 is 0. The van der Waals surface area contributed by atoms with Crippen LogP contribution in [-0.2, 0) is 15.9 Å². The molecule has 5 rings (SSSR count). The van der Waals surface area contributed by atoms with Gasteiger partial charge in [0.2, 0.25) is 0 Å². The molecule has 1 aliphatic heterocycles. The van der Waals surface area contributed by atoms with Gasteiger partial charge in [0.05, 0.1) is 19.8 Å². The number of likely N-dealkylation sites (tertiary alicyclic amines) is 1. The Balaban J connectivity index is 1.18. The van der Waals surface area contributed by atoms with Gasteiger partial charge in [-0.2, -0.15) is 0 Å². The first kappa shape index (κ1) is 25.2. The average molecular weight is 490 g/mol. The van der Waals surface area contributed by atoms with Gasteiger partial charge in [0.25, 0.3) is 0 Å². The number of ether oxygens (including phenoxy) is 2. The number of allylic oxidation sites excluding steroid dienone is 1. The molecule has 0 radical (unpaired) electrons. The van der Waals surface area contributed by atoms with Gasteiger partial charge in [-0.05, 0) is 102 Å². The van der Waals surface area contributed by atoms with Crippen LogP contribution in [0.1, 0.15) is 67.2 Å². The molecule has 1 fully saturated rings. The lowest BCUT2D eigenvalue weighted by Crippen LogP contribution is -2.29. The second-order valence-corrected chi connectivity index (χ2v) is 11.1. The number of halogens is 1. The summed E-state index contributed by atoms with van der Waals surface area (Å²) in [5.74, 6) is 2.68. The van der Waals surface area contributed by atoms with Crippen molar-refractivity contribution >= 4 is 0 Å². The number of methoxy groups -OCH3 is 1. The maximum atomic E-state index is 14.2. The van der Waals surface area contributed by atoms with Crippen LogP contribution in [0.15, 0.2) is 66.5 Å². The van der Waals surface area contributed by atoms with Crippen molar-refractivity contribution in [1.82, 2.24) is 4.90 Å². The van der Waals surface area contributed by atoms with Crippen molar-refractivity contribution in [1.29, 1.82) is 0 Å². The highest BCUT2D eigenvalue weighted by Gasteiger charge is 2.31. The number of benzene rings is 2. The molecule has 192 valence electrons. The lowest BCUT2D eigenvalue weighted by atomic mass is 9.77. The summed E-state index contributed by atoms with van der Waals surface area (Å²) in [5.41, 5.74) is 5.31. The van der Waals surface area contributed by atoms with Gasteiger partial charge < -0.3 is 14.4 Å². The smallest absolute Gasteiger partial charge is 0.123 e. The highest BCUT2D eigenvalue weighted by atomic mass is 19.1. The Labute approximate surface area is 216 Å². The second-order valence-electron chi connectivity index (χ2n) is 11.1. The van der Waals surface area contributed by atoms with Crippen molar-refractivity contribution in [2.45, 2.75) is 57.5 Å². The Morgan fingerprint density at radius 3 is 2.75 bits per heavy atom. The van der Waals surface area contributed by atoms with E-state index in [1.54, 1.807) is 19.2 Å². The van der Waals surface area contributed by atoms with E-state index in [2.05, 4.69) is 55.2 Å². The van der Waals surface area contributed by atoms with Gasteiger partial charge in [0.1, 0.15) is 11.6 Å². The molecule has 0 bridgehead atoms. The molecule has 3 nitrogen and oxygen atoms in total. The van der Waals surface area contributed by atoms with E-state index in [0.29, 0.717) is 23.7 Å². The fourth-order valence-electron chi connectivity index (χ4n) is 6.51. The van der Waals surface area contributed by atoms with E-state index in [0.717, 1.165) is 51.3 Å². The molecule has 36 heavy (non-hydrogen) atoms. The van der Waals surface area contributed by atoms with E-state index < -0.39 is 0 Å². The van der Waals surface area contributed by atoms with E-state index >= 15 is 0 Å². The Hall–Kier alpha value is -2.43. The van der Waals surface area contributed by atoms with E-state index in [9.17, 15) is 4.39 Å². The van der Waals surface area contributed by atoms with Crippen LogP contribution < -0.4 is 0 Å². The normalized spacial score (nSPS) is 26.6. The third-order valence-electron chi connectivity index (χ3n) is 8.44. The summed E-state index contributed by atoms with van der Waals surface area (Å²) in [7, 11) is 1.71. The molecule has 0 saturated carbocycles. The Bertz CT molecular complexity index is 1110. The Morgan fingerprint density at radius 2 is 1.94 bits per heavy atom. The molecule has 1 saturated heterocycles. The number of nitrogens with zero attached hydrogens (tertiary/aromatic N) is 1. The molecule has 2 aromatic rings. The van der Waals surface area contributed by atoms with Crippen LogP contribution in [0.4, 0.5) is 4.39 Å². The first-order valence-electron chi connectivity index (χ1n) is 13.6. The molecule has 0 amide bonds. The second kappa shape index (κ2) is 11.3. The van der Waals surface area contributed by atoms with Gasteiger partial charge in [-0.1, -0.05) is 50.3 Å². The van der Waals surface area contributed by atoms with Crippen molar-refractivity contribution in [2.75, 3.05) is 33.4 Å². The first-order valence-corrected chi connectivity index (χ1v) is 13.6. The van der Waals surface area contributed by atoms with E-state index in [1.807, 2.05) is 12.1 Å². The van der Waals surface area contributed by atoms with Crippen LogP contribution in [0, 0.1) is 17.7 Å². The standard InChI is InChI=1S/C32H40FNO2/c1-22(19-34-15-14-24(20-34)21-36-29-12-10-28(35-3)11-13-29)16-32-23(2)31-18-27(33)9-8-26(31)17-25-6-4-5-7-30(25)32/h4-12,18,22-24,29,32H,13-17,19-21H2,1-3H3/t22-,23-,24?,29?,32-/m0/s1. The molecular formula is C32H40FNO2. The maximum absolute atomic E-state index is 14.2. The summed E-state index contributed by atoms with van der Waals surface area (Å²) in [6, 6.07) is 14.3. The molecule has 0 spiro atoms. The van der Waals surface area contributed by atoms with E-state index in [1.165, 1.54) is 28.7 Å². The molecule has 3 aliphatic rings. The summed E-state index contributed by atoms with van der Waals surface area (Å²) in [6.07, 6.45) is 10.5. The SMILES string of the molecule is COC1=CCC(OCC2CCN(C[C@@H](C)C[C@@H]3c4ccccc4Cc4ccc(F)cc4[C@@H]3C)C2)C=C1. The van der Waals surface area contributed by atoms with Crippen molar-refractivity contribution in [2.24, 2.45) is 11.8 Å². The van der Waals surface area contributed by atoms with Gasteiger partial charge >= 0.3 is 0 Å².